The first-order valence-electron chi connectivity index (χ1n) is 5.69. The monoisotopic (exact) mass is 223 g/mol. The van der Waals surface area contributed by atoms with Crippen molar-refractivity contribution in [2.75, 3.05) is 13.2 Å². The standard InChI is InChI=1S/C11H17N3O2/c15-5-1-3-13-11(16)9-2-4-14-8-12-7-10(14)6-9/h7-9,15H,1-6H2,(H,13,16). The molecule has 2 N–H and O–H groups in total. The van der Waals surface area contributed by atoms with Crippen LogP contribution in [0, 0.1) is 5.92 Å². The van der Waals surface area contributed by atoms with Gasteiger partial charge in [0.15, 0.2) is 0 Å². The van der Waals surface area contributed by atoms with E-state index in [1.807, 2.05) is 12.5 Å². The predicted octanol–water partition coefficient (Wildman–Crippen LogP) is -0.0559. The SMILES string of the molecule is O=C(NCCCO)C1CCn2cncc2C1. The van der Waals surface area contributed by atoms with Crippen LogP contribution in [0.15, 0.2) is 12.5 Å². The number of rotatable bonds is 4. The van der Waals surface area contributed by atoms with E-state index in [9.17, 15) is 4.79 Å². The number of hydrogen-bond donors (Lipinski definition) is 2. The van der Waals surface area contributed by atoms with Crippen molar-refractivity contribution in [1.82, 2.24) is 14.9 Å². The number of aliphatic hydroxyl groups is 1. The molecule has 1 amide bonds. The summed E-state index contributed by atoms with van der Waals surface area (Å²) in [6.07, 6.45) is 5.90. The van der Waals surface area contributed by atoms with Crippen LogP contribution < -0.4 is 5.32 Å². The molecule has 0 radical (unpaired) electrons. The third-order valence-corrected chi connectivity index (χ3v) is 2.98. The van der Waals surface area contributed by atoms with Gasteiger partial charge in [-0.05, 0) is 12.8 Å². The molecular weight excluding hydrogens is 206 g/mol. The molecule has 1 aliphatic rings. The lowest BCUT2D eigenvalue weighted by Gasteiger charge is -2.22. The molecule has 1 aliphatic heterocycles. The van der Waals surface area contributed by atoms with Gasteiger partial charge >= 0.3 is 0 Å². The van der Waals surface area contributed by atoms with E-state index >= 15 is 0 Å². The molecule has 0 aliphatic carbocycles. The average molecular weight is 223 g/mol. The minimum absolute atomic E-state index is 0.0582. The van der Waals surface area contributed by atoms with Crippen LogP contribution in [0.5, 0.6) is 0 Å². The highest BCUT2D eigenvalue weighted by Crippen LogP contribution is 2.19. The zero-order valence-electron chi connectivity index (χ0n) is 9.22. The molecule has 1 aromatic rings. The number of aliphatic hydroxyl groups excluding tert-OH is 1. The first kappa shape index (κ1) is 11.1. The van der Waals surface area contributed by atoms with Crippen LogP contribution in [0.1, 0.15) is 18.5 Å². The maximum Gasteiger partial charge on any atom is 0.223 e. The molecule has 2 rings (SSSR count). The van der Waals surface area contributed by atoms with Crippen LogP contribution in [-0.4, -0.2) is 33.7 Å². The number of nitrogens with zero attached hydrogens (tertiary/aromatic N) is 2. The third-order valence-electron chi connectivity index (χ3n) is 2.98. The van der Waals surface area contributed by atoms with E-state index in [1.165, 1.54) is 0 Å². The van der Waals surface area contributed by atoms with E-state index in [4.69, 9.17) is 5.11 Å². The quantitative estimate of drug-likeness (QED) is 0.703. The maximum atomic E-state index is 11.8. The normalized spacial score (nSPS) is 19.2. The number of nitrogens with one attached hydrogen (secondary N) is 1. The third kappa shape index (κ3) is 2.41. The van der Waals surface area contributed by atoms with E-state index in [2.05, 4.69) is 14.9 Å². The van der Waals surface area contributed by atoms with Gasteiger partial charge in [-0.3, -0.25) is 4.79 Å². The first-order chi connectivity index (χ1) is 7.81. The number of aromatic nitrogens is 2. The summed E-state index contributed by atoms with van der Waals surface area (Å²) in [5, 5.41) is 11.5. The zero-order valence-corrected chi connectivity index (χ0v) is 9.22. The number of amides is 1. The Morgan fingerprint density at radius 1 is 1.69 bits per heavy atom. The number of carbonyl (C=O) groups is 1. The van der Waals surface area contributed by atoms with Crippen molar-refractivity contribution in [1.29, 1.82) is 0 Å². The van der Waals surface area contributed by atoms with Crippen molar-refractivity contribution in [3.8, 4) is 0 Å². The van der Waals surface area contributed by atoms with Crippen LogP contribution in [0.3, 0.4) is 0 Å². The summed E-state index contributed by atoms with van der Waals surface area (Å²) in [5.74, 6) is 0.156. The Labute approximate surface area is 94.5 Å². The van der Waals surface area contributed by atoms with Crippen molar-refractivity contribution < 1.29 is 9.90 Å². The van der Waals surface area contributed by atoms with E-state index in [0.29, 0.717) is 13.0 Å². The molecule has 0 fully saturated rings. The van der Waals surface area contributed by atoms with Gasteiger partial charge in [-0.2, -0.15) is 0 Å². The number of hydrogen-bond acceptors (Lipinski definition) is 3. The predicted molar refractivity (Wildman–Crippen MR) is 58.8 cm³/mol. The van der Waals surface area contributed by atoms with Crippen LogP contribution >= 0.6 is 0 Å². The second-order valence-electron chi connectivity index (χ2n) is 4.14. The topological polar surface area (TPSA) is 67.2 Å². The van der Waals surface area contributed by atoms with Crippen LogP contribution in [0.25, 0.3) is 0 Å². The Balaban J connectivity index is 1.86. The van der Waals surface area contributed by atoms with Gasteiger partial charge in [-0.1, -0.05) is 0 Å². The van der Waals surface area contributed by atoms with Gasteiger partial charge in [-0.25, -0.2) is 4.98 Å². The molecule has 1 aromatic heterocycles. The van der Waals surface area contributed by atoms with Crippen molar-refractivity contribution in [3.63, 3.8) is 0 Å². The molecule has 2 heterocycles. The molecule has 0 bridgehead atoms. The van der Waals surface area contributed by atoms with Gasteiger partial charge in [-0.15, -0.1) is 0 Å². The molecule has 16 heavy (non-hydrogen) atoms. The van der Waals surface area contributed by atoms with Crippen molar-refractivity contribution in [2.24, 2.45) is 5.92 Å². The average Bonchev–Trinajstić information content (AvgIpc) is 2.76. The van der Waals surface area contributed by atoms with Crippen LogP contribution in [0.4, 0.5) is 0 Å². The van der Waals surface area contributed by atoms with E-state index < -0.39 is 0 Å². The fraction of sp³-hybridized carbons (Fsp3) is 0.636. The van der Waals surface area contributed by atoms with Crippen molar-refractivity contribution in [2.45, 2.75) is 25.8 Å². The lowest BCUT2D eigenvalue weighted by molar-refractivity contribution is -0.125. The lowest BCUT2D eigenvalue weighted by atomic mass is 9.95. The summed E-state index contributed by atoms with van der Waals surface area (Å²) < 4.78 is 2.09. The van der Waals surface area contributed by atoms with Crippen molar-refractivity contribution in [3.05, 3.63) is 18.2 Å². The van der Waals surface area contributed by atoms with Gasteiger partial charge in [0.1, 0.15) is 0 Å². The van der Waals surface area contributed by atoms with Gasteiger partial charge in [0.25, 0.3) is 0 Å². The van der Waals surface area contributed by atoms with Gasteiger partial charge in [0.05, 0.1) is 6.33 Å². The van der Waals surface area contributed by atoms with Crippen LogP contribution in [0.2, 0.25) is 0 Å². The highest BCUT2D eigenvalue weighted by atomic mass is 16.3. The minimum atomic E-state index is 0.0582. The number of aryl methyl sites for hydroxylation is 1. The summed E-state index contributed by atoms with van der Waals surface area (Å²) in [6.45, 7) is 1.55. The fourth-order valence-electron chi connectivity index (χ4n) is 2.03. The largest absolute Gasteiger partial charge is 0.396 e. The highest BCUT2D eigenvalue weighted by molar-refractivity contribution is 5.78. The summed E-state index contributed by atoms with van der Waals surface area (Å²) in [6, 6.07) is 0. The molecule has 0 spiro atoms. The number of fused-ring (bicyclic) bond motifs is 1. The Morgan fingerprint density at radius 3 is 3.38 bits per heavy atom. The highest BCUT2D eigenvalue weighted by Gasteiger charge is 2.24. The molecule has 1 unspecified atom stereocenters. The maximum absolute atomic E-state index is 11.8. The Morgan fingerprint density at radius 2 is 2.56 bits per heavy atom. The van der Waals surface area contributed by atoms with Gasteiger partial charge in [0, 0.05) is 43.9 Å². The molecule has 88 valence electrons. The fourth-order valence-corrected chi connectivity index (χ4v) is 2.03. The van der Waals surface area contributed by atoms with Gasteiger partial charge in [0.2, 0.25) is 5.91 Å². The molecule has 0 saturated carbocycles. The van der Waals surface area contributed by atoms with E-state index in [0.717, 1.165) is 25.1 Å². The summed E-state index contributed by atoms with van der Waals surface area (Å²) in [5.41, 5.74) is 1.13. The Bertz CT molecular complexity index is 362. The van der Waals surface area contributed by atoms with Gasteiger partial charge < -0.3 is 15.0 Å². The molecule has 0 saturated heterocycles. The lowest BCUT2D eigenvalue weighted by Crippen LogP contribution is -2.35. The number of carbonyl (C=O) groups excluding carboxylic acids is 1. The van der Waals surface area contributed by atoms with E-state index in [1.54, 1.807) is 0 Å². The van der Waals surface area contributed by atoms with Crippen molar-refractivity contribution >= 4 is 5.91 Å². The molecule has 0 aromatic carbocycles. The summed E-state index contributed by atoms with van der Waals surface area (Å²) in [4.78, 5) is 15.9. The second-order valence-corrected chi connectivity index (χ2v) is 4.14. The Hall–Kier alpha value is -1.36. The molecular formula is C11H17N3O2. The first-order valence-corrected chi connectivity index (χ1v) is 5.69. The Kier molecular flexibility index (Phi) is 3.56. The minimum Gasteiger partial charge on any atom is -0.396 e. The molecule has 5 nitrogen and oxygen atoms in total. The van der Waals surface area contributed by atoms with Crippen LogP contribution in [-0.2, 0) is 17.8 Å². The summed E-state index contributed by atoms with van der Waals surface area (Å²) >= 11 is 0. The number of imidazole rings is 1. The summed E-state index contributed by atoms with van der Waals surface area (Å²) in [7, 11) is 0. The zero-order chi connectivity index (χ0) is 11.4. The second kappa shape index (κ2) is 5.12. The molecule has 1 atom stereocenters. The smallest absolute Gasteiger partial charge is 0.223 e. The van der Waals surface area contributed by atoms with E-state index in [-0.39, 0.29) is 18.4 Å². The molecule has 5 heteroatoms.